The van der Waals surface area contributed by atoms with Crippen molar-refractivity contribution in [3.63, 3.8) is 0 Å². The lowest BCUT2D eigenvalue weighted by Gasteiger charge is -2.20. The van der Waals surface area contributed by atoms with Crippen LogP contribution in [0.5, 0.6) is 5.75 Å². The first-order valence-corrected chi connectivity index (χ1v) is 10.0. The van der Waals surface area contributed by atoms with Crippen LogP contribution in [0, 0.1) is 0 Å². The Labute approximate surface area is 148 Å². The summed E-state index contributed by atoms with van der Waals surface area (Å²) in [5.41, 5.74) is 0.962. The Hall–Kier alpha value is -2.12. The van der Waals surface area contributed by atoms with Crippen molar-refractivity contribution < 1.29 is 17.9 Å². The number of methoxy groups -OCH3 is 1. The van der Waals surface area contributed by atoms with E-state index in [1.807, 2.05) is 36.4 Å². The molecule has 0 aliphatic rings. The van der Waals surface area contributed by atoms with E-state index < -0.39 is 10.0 Å². The average Bonchev–Trinajstić information content (AvgIpc) is 2.59. The summed E-state index contributed by atoms with van der Waals surface area (Å²) in [5.74, 6) is 0.468. The van der Waals surface area contributed by atoms with Crippen molar-refractivity contribution in [1.29, 1.82) is 0 Å². The van der Waals surface area contributed by atoms with Crippen molar-refractivity contribution in [2.24, 2.45) is 0 Å². The van der Waals surface area contributed by atoms with Gasteiger partial charge in [0.25, 0.3) is 0 Å². The van der Waals surface area contributed by atoms with Gasteiger partial charge in [0.05, 0.1) is 13.4 Å². The van der Waals surface area contributed by atoms with Gasteiger partial charge in [0.15, 0.2) is 0 Å². The fourth-order valence-electron chi connectivity index (χ4n) is 2.67. The molecule has 2 N–H and O–H groups in total. The highest BCUT2D eigenvalue weighted by Crippen LogP contribution is 2.28. The molecule has 1 amide bonds. The number of carbonyl (C=O) groups excluding carboxylic acids is 1. The molecule has 2 rings (SSSR count). The van der Waals surface area contributed by atoms with Crippen LogP contribution in [0.2, 0.25) is 0 Å². The van der Waals surface area contributed by atoms with E-state index in [-0.39, 0.29) is 18.4 Å². The number of hydrogen-bond acceptors (Lipinski definition) is 4. The average molecular weight is 364 g/mol. The number of sulfonamides is 1. The quantitative estimate of drug-likeness (QED) is 0.750. The number of amides is 1. The van der Waals surface area contributed by atoms with Gasteiger partial charge in [-0.3, -0.25) is 4.79 Å². The number of benzene rings is 2. The summed E-state index contributed by atoms with van der Waals surface area (Å²) in [6.45, 7) is 2.34. The van der Waals surface area contributed by atoms with Gasteiger partial charge in [0.2, 0.25) is 15.9 Å². The third-order valence-corrected chi connectivity index (χ3v) is 4.71. The van der Waals surface area contributed by atoms with Crippen LogP contribution in [-0.2, 0) is 14.8 Å². The summed E-state index contributed by atoms with van der Waals surface area (Å²) < 4.78 is 30.9. The second-order valence-corrected chi connectivity index (χ2v) is 7.74. The summed E-state index contributed by atoms with van der Waals surface area (Å²) in [6, 6.07) is 11.6. The highest BCUT2D eigenvalue weighted by Gasteiger charge is 2.17. The zero-order chi connectivity index (χ0) is 18.4. The maximum atomic E-state index is 11.6. The molecule has 0 saturated carbocycles. The Bertz CT molecular complexity index is 849. The van der Waals surface area contributed by atoms with Crippen LogP contribution in [-0.4, -0.2) is 40.8 Å². The molecule has 136 valence electrons. The molecule has 0 heterocycles. The van der Waals surface area contributed by atoms with E-state index in [0.29, 0.717) is 13.0 Å². The standard InChI is InChI=1S/C18H24N2O4S/c1-4-18(21)19-11-14(12-20-25(3,22)23)16-7-5-6-13-8-9-15(24-2)10-17(13)16/h5-10,14,20H,4,11-12H2,1-3H3,(H,19,21). The lowest BCUT2D eigenvalue weighted by molar-refractivity contribution is -0.120. The number of rotatable bonds is 8. The van der Waals surface area contributed by atoms with Crippen molar-refractivity contribution in [2.45, 2.75) is 19.3 Å². The predicted octanol–water partition coefficient (Wildman–Crippen LogP) is 2.01. The van der Waals surface area contributed by atoms with Crippen LogP contribution in [0.1, 0.15) is 24.8 Å². The molecular formula is C18H24N2O4S. The zero-order valence-electron chi connectivity index (χ0n) is 14.7. The Morgan fingerprint density at radius 2 is 1.96 bits per heavy atom. The van der Waals surface area contributed by atoms with E-state index in [1.165, 1.54) is 0 Å². The van der Waals surface area contributed by atoms with Crippen molar-refractivity contribution in [1.82, 2.24) is 10.0 Å². The monoisotopic (exact) mass is 364 g/mol. The smallest absolute Gasteiger partial charge is 0.219 e. The normalized spacial score (nSPS) is 12.8. The van der Waals surface area contributed by atoms with Gasteiger partial charge in [-0.1, -0.05) is 31.2 Å². The molecule has 0 aliphatic heterocycles. The second-order valence-electron chi connectivity index (χ2n) is 5.91. The van der Waals surface area contributed by atoms with Gasteiger partial charge in [-0.15, -0.1) is 0 Å². The summed E-state index contributed by atoms with van der Waals surface area (Å²) in [7, 11) is -1.72. The first-order valence-electron chi connectivity index (χ1n) is 8.12. The number of ether oxygens (including phenoxy) is 1. The first-order chi connectivity index (χ1) is 11.8. The largest absolute Gasteiger partial charge is 0.497 e. The van der Waals surface area contributed by atoms with Crippen molar-refractivity contribution in [3.8, 4) is 5.75 Å². The van der Waals surface area contributed by atoms with Crippen LogP contribution in [0.3, 0.4) is 0 Å². The van der Waals surface area contributed by atoms with Crippen LogP contribution >= 0.6 is 0 Å². The molecule has 25 heavy (non-hydrogen) atoms. The molecule has 2 aromatic rings. The molecule has 1 atom stereocenters. The van der Waals surface area contributed by atoms with Gasteiger partial charge >= 0.3 is 0 Å². The molecule has 7 heteroatoms. The summed E-state index contributed by atoms with van der Waals surface area (Å²) in [6.07, 6.45) is 1.51. The van der Waals surface area contributed by atoms with Crippen LogP contribution in [0.15, 0.2) is 36.4 Å². The molecule has 0 spiro atoms. The van der Waals surface area contributed by atoms with Gasteiger partial charge < -0.3 is 10.1 Å². The number of fused-ring (bicyclic) bond motifs is 1. The molecule has 0 radical (unpaired) electrons. The summed E-state index contributed by atoms with van der Waals surface area (Å²) in [4.78, 5) is 11.6. The van der Waals surface area contributed by atoms with Crippen molar-refractivity contribution in [3.05, 3.63) is 42.0 Å². The Morgan fingerprint density at radius 3 is 2.60 bits per heavy atom. The Balaban J connectivity index is 2.40. The fourth-order valence-corrected chi connectivity index (χ4v) is 3.17. The van der Waals surface area contributed by atoms with Crippen LogP contribution in [0.4, 0.5) is 0 Å². The molecule has 6 nitrogen and oxygen atoms in total. The minimum atomic E-state index is -3.32. The minimum Gasteiger partial charge on any atom is -0.497 e. The van der Waals surface area contributed by atoms with E-state index in [0.717, 1.165) is 28.3 Å². The highest BCUT2D eigenvalue weighted by atomic mass is 32.2. The SMILES string of the molecule is CCC(=O)NCC(CNS(C)(=O)=O)c1cccc2ccc(OC)cc12. The van der Waals surface area contributed by atoms with E-state index in [4.69, 9.17) is 4.74 Å². The number of carbonyl (C=O) groups is 1. The van der Waals surface area contributed by atoms with Crippen molar-refractivity contribution in [2.75, 3.05) is 26.5 Å². The van der Waals surface area contributed by atoms with Crippen LogP contribution < -0.4 is 14.8 Å². The third-order valence-electron chi connectivity index (χ3n) is 4.02. The molecule has 0 aliphatic carbocycles. The van der Waals surface area contributed by atoms with Crippen molar-refractivity contribution >= 4 is 26.7 Å². The number of hydrogen-bond donors (Lipinski definition) is 2. The van der Waals surface area contributed by atoms with Gasteiger partial charge in [0.1, 0.15) is 5.75 Å². The van der Waals surface area contributed by atoms with Gasteiger partial charge in [-0.25, -0.2) is 13.1 Å². The maximum absolute atomic E-state index is 11.6. The Kier molecular flexibility index (Phi) is 6.39. The molecule has 0 fully saturated rings. The van der Waals surface area contributed by atoms with Gasteiger partial charge in [-0.2, -0.15) is 0 Å². The zero-order valence-corrected chi connectivity index (χ0v) is 15.5. The second kappa shape index (κ2) is 8.31. The van der Waals surface area contributed by atoms with E-state index >= 15 is 0 Å². The van der Waals surface area contributed by atoms with Gasteiger partial charge in [-0.05, 0) is 28.5 Å². The highest BCUT2D eigenvalue weighted by molar-refractivity contribution is 7.88. The maximum Gasteiger partial charge on any atom is 0.219 e. The summed E-state index contributed by atoms with van der Waals surface area (Å²) >= 11 is 0. The summed E-state index contributed by atoms with van der Waals surface area (Å²) in [5, 5.41) is 4.87. The van der Waals surface area contributed by atoms with E-state index in [9.17, 15) is 13.2 Å². The fraction of sp³-hybridized carbons (Fsp3) is 0.389. The minimum absolute atomic E-state index is 0.0674. The first kappa shape index (κ1) is 19.2. The molecule has 0 saturated heterocycles. The molecular weight excluding hydrogens is 340 g/mol. The molecule has 0 aromatic heterocycles. The Morgan fingerprint density at radius 1 is 1.20 bits per heavy atom. The lowest BCUT2D eigenvalue weighted by Crippen LogP contribution is -2.35. The van der Waals surface area contributed by atoms with E-state index in [2.05, 4.69) is 10.0 Å². The van der Waals surface area contributed by atoms with E-state index in [1.54, 1.807) is 14.0 Å². The third kappa shape index (κ3) is 5.44. The lowest BCUT2D eigenvalue weighted by atomic mass is 9.93. The van der Waals surface area contributed by atoms with Gasteiger partial charge in [0, 0.05) is 25.4 Å². The molecule has 1 unspecified atom stereocenters. The predicted molar refractivity (Wildman–Crippen MR) is 99.4 cm³/mol. The topological polar surface area (TPSA) is 84.5 Å². The number of nitrogens with one attached hydrogen (secondary N) is 2. The molecule has 0 bridgehead atoms. The van der Waals surface area contributed by atoms with Crippen LogP contribution in [0.25, 0.3) is 10.8 Å². The molecule has 2 aromatic carbocycles.